The molecule has 1 aliphatic heterocycles. The standard InChI is InChI=1S/C30H30N2O6/c1-34-24-8-6-23(7-9-24)26-11-12-28(38-26)30(33)32(19-22-4-3-14-31-17-22)18-21-5-10-27(29(16-21)35-2)37-25-13-15-36-20-25/h3-12,14,16-17,25H,13,15,18-20H2,1-2H3. The molecule has 4 aromatic rings. The minimum Gasteiger partial charge on any atom is -0.497 e. The fourth-order valence-electron chi connectivity index (χ4n) is 4.34. The van der Waals surface area contributed by atoms with E-state index < -0.39 is 0 Å². The van der Waals surface area contributed by atoms with Crippen molar-refractivity contribution in [1.82, 2.24) is 9.88 Å². The van der Waals surface area contributed by atoms with Crippen LogP contribution in [0, 0.1) is 0 Å². The molecule has 2 aromatic carbocycles. The van der Waals surface area contributed by atoms with E-state index in [1.54, 1.807) is 43.6 Å². The Morgan fingerprint density at radius 1 is 0.974 bits per heavy atom. The van der Waals surface area contributed by atoms with Crippen molar-refractivity contribution in [3.05, 3.63) is 96.0 Å². The molecule has 3 heterocycles. The number of aromatic nitrogens is 1. The topological polar surface area (TPSA) is 83.3 Å². The van der Waals surface area contributed by atoms with Crippen LogP contribution in [0.5, 0.6) is 17.2 Å². The van der Waals surface area contributed by atoms with Gasteiger partial charge in [0.15, 0.2) is 17.3 Å². The lowest BCUT2D eigenvalue weighted by molar-refractivity contribution is 0.0698. The first kappa shape index (κ1) is 25.4. The van der Waals surface area contributed by atoms with Gasteiger partial charge >= 0.3 is 0 Å². The van der Waals surface area contributed by atoms with Crippen molar-refractivity contribution in [3.8, 4) is 28.6 Å². The van der Waals surface area contributed by atoms with Gasteiger partial charge in [0.2, 0.25) is 0 Å². The maximum Gasteiger partial charge on any atom is 0.290 e. The second kappa shape index (κ2) is 11.8. The Morgan fingerprint density at radius 3 is 2.53 bits per heavy atom. The van der Waals surface area contributed by atoms with E-state index in [9.17, 15) is 4.79 Å². The zero-order valence-corrected chi connectivity index (χ0v) is 21.5. The summed E-state index contributed by atoms with van der Waals surface area (Å²) in [6.07, 6.45) is 4.33. The molecule has 8 heteroatoms. The first-order chi connectivity index (χ1) is 18.6. The van der Waals surface area contributed by atoms with Crippen LogP contribution in [0.4, 0.5) is 0 Å². The Morgan fingerprint density at radius 2 is 1.82 bits per heavy atom. The number of nitrogens with zero attached hydrogens (tertiary/aromatic N) is 2. The average molecular weight is 515 g/mol. The van der Waals surface area contributed by atoms with E-state index in [0.717, 1.165) is 28.9 Å². The molecule has 1 amide bonds. The number of benzene rings is 2. The van der Waals surface area contributed by atoms with Crippen LogP contribution in [0.1, 0.15) is 28.1 Å². The molecule has 2 aromatic heterocycles. The summed E-state index contributed by atoms with van der Waals surface area (Å²) >= 11 is 0. The smallest absolute Gasteiger partial charge is 0.290 e. The summed E-state index contributed by atoms with van der Waals surface area (Å²) in [5.41, 5.74) is 2.67. The SMILES string of the molecule is COc1ccc(-c2ccc(C(=O)N(Cc3cccnc3)Cc3ccc(OC4CCOC4)c(OC)c3)o2)cc1. The number of rotatable bonds is 10. The van der Waals surface area contributed by atoms with Gasteiger partial charge in [-0.15, -0.1) is 0 Å². The number of hydrogen-bond acceptors (Lipinski definition) is 7. The summed E-state index contributed by atoms with van der Waals surface area (Å²) in [6.45, 7) is 1.98. The van der Waals surface area contributed by atoms with E-state index >= 15 is 0 Å². The molecule has 5 rings (SSSR count). The van der Waals surface area contributed by atoms with Gasteiger partial charge in [-0.05, 0) is 65.7 Å². The molecule has 0 saturated carbocycles. The number of carbonyl (C=O) groups excluding carboxylic acids is 1. The van der Waals surface area contributed by atoms with Crippen LogP contribution in [0.25, 0.3) is 11.3 Å². The summed E-state index contributed by atoms with van der Waals surface area (Å²) in [5, 5.41) is 0. The molecular weight excluding hydrogens is 484 g/mol. The van der Waals surface area contributed by atoms with E-state index in [1.807, 2.05) is 54.6 Å². The molecule has 0 radical (unpaired) electrons. The van der Waals surface area contributed by atoms with Crippen LogP contribution in [0.3, 0.4) is 0 Å². The average Bonchev–Trinajstić information content (AvgIpc) is 3.66. The van der Waals surface area contributed by atoms with Gasteiger partial charge in [-0.1, -0.05) is 12.1 Å². The molecule has 8 nitrogen and oxygen atoms in total. The molecule has 196 valence electrons. The Bertz CT molecular complexity index is 1350. The molecule has 1 unspecified atom stereocenters. The van der Waals surface area contributed by atoms with E-state index in [2.05, 4.69) is 4.98 Å². The fraction of sp³-hybridized carbons (Fsp3) is 0.267. The summed E-state index contributed by atoms with van der Waals surface area (Å²) in [6, 6.07) is 20.5. The van der Waals surface area contributed by atoms with Crippen LogP contribution in [0.2, 0.25) is 0 Å². The van der Waals surface area contributed by atoms with E-state index in [1.165, 1.54) is 0 Å². The third-order valence-corrected chi connectivity index (χ3v) is 6.36. The lowest BCUT2D eigenvalue weighted by Gasteiger charge is -2.23. The largest absolute Gasteiger partial charge is 0.497 e. The highest BCUT2D eigenvalue weighted by Gasteiger charge is 2.23. The van der Waals surface area contributed by atoms with Crippen LogP contribution in [-0.2, 0) is 17.8 Å². The monoisotopic (exact) mass is 514 g/mol. The Balaban J connectivity index is 1.38. The second-order valence-electron chi connectivity index (χ2n) is 9.00. The van der Waals surface area contributed by atoms with Crippen molar-refractivity contribution in [2.75, 3.05) is 27.4 Å². The van der Waals surface area contributed by atoms with Crippen molar-refractivity contribution in [2.45, 2.75) is 25.6 Å². The zero-order valence-electron chi connectivity index (χ0n) is 21.5. The Hall–Kier alpha value is -4.30. The molecule has 0 N–H and O–H groups in total. The predicted octanol–water partition coefficient (Wildman–Crippen LogP) is 5.37. The highest BCUT2D eigenvalue weighted by Crippen LogP contribution is 2.31. The van der Waals surface area contributed by atoms with E-state index in [0.29, 0.717) is 43.6 Å². The van der Waals surface area contributed by atoms with Gasteiger partial charge < -0.3 is 28.3 Å². The van der Waals surface area contributed by atoms with Gasteiger partial charge in [-0.2, -0.15) is 0 Å². The molecule has 0 spiro atoms. The van der Waals surface area contributed by atoms with Gasteiger partial charge in [0.1, 0.15) is 17.6 Å². The Kier molecular flexibility index (Phi) is 7.89. The maximum absolute atomic E-state index is 13.7. The van der Waals surface area contributed by atoms with Gasteiger partial charge in [0.05, 0.1) is 27.4 Å². The van der Waals surface area contributed by atoms with Crippen LogP contribution >= 0.6 is 0 Å². The van der Waals surface area contributed by atoms with Crippen LogP contribution in [0.15, 0.2) is 83.5 Å². The molecule has 1 atom stereocenters. The zero-order chi connectivity index (χ0) is 26.3. The first-order valence-corrected chi connectivity index (χ1v) is 12.5. The quantitative estimate of drug-likeness (QED) is 0.281. The minimum absolute atomic E-state index is 0.0113. The summed E-state index contributed by atoms with van der Waals surface area (Å²) in [7, 11) is 3.23. The van der Waals surface area contributed by atoms with Gasteiger partial charge in [0.25, 0.3) is 5.91 Å². The van der Waals surface area contributed by atoms with Gasteiger partial charge in [-0.3, -0.25) is 9.78 Å². The lowest BCUT2D eigenvalue weighted by atomic mass is 10.1. The van der Waals surface area contributed by atoms with Crippen molar-refractivity contribution in [2.24, 2.45) is 0 Å². The van der Waals surface area contributed by atoms with E-state index in [4.69, 9.17) is 23.4 Å². The van der Waals surface area contributed by atoms with Crippen LogP contribution < -0.4 is 14.2 Å². The second-order valence-corrected chi connectivity index (χ2v) is 9.00. The molecule has 38 heavy (non-hydrogen) atoms. The number of hydrogen-bond donors (Lipinski definition) is 0. The molecule has 0 aliphatic carbocycles. The first-order valence-electron chi connectivity index (χ1n) is 12.5. The number of ether oxygens (including phenoxy) is 4. The van der Waals surface area contributed by atoms with E-state index in [-0.39, 0.29) is 17.8 Å². The van der Waals surface area contributed by atoms with Crippen molar-refractivity contribution in [3.63, 3.8) is 0 Å². The minimum atomic E-state index is -0.226. The number of furan rings is 1. The number of amides is 1. The van der Waals surface area contributed by atoms with Crippen molar-refractivity contribution < 1.29 is 28.2 Å². The molecular formula is C30H30N2O6. The number of carbonyl (C=O) groups is 1. The van der Waals surface area contributed by atoms with Crippen molar-refractivity contribution in [1.29, 1.82) is 0 Å². The third-order valence-electron chi connectivity index (χ3n) is 6.36. The fourth-order valence-corrected chi connectivity index (χ4v) is 4.34. The van der Waals surface area contributed by atoms with Gasteiger partial charge in [0, 0.05) is 37.5 Å². The molecule has 1 fully saturated rings. The summed E-state index contributed by atoms with van der Waals surface area (Å²) < 4.78 is 28.3. The van der Waals surface area contributed by atoms with Gasteiger partial charge in [-0.25, -0.2) is 0 Å². The molecule has 1 saturated heterocycles. The number of methoxy groups -OCH3 is 2. The number of pyridine rings is 1. The van der Waals surface area contributed by atoms with Crippen molar-refractivity contribution >= 4 is 5.91 Å². The lowest BCUT2D eigenvalue weighted by Crippen LogP contribution is -2.30. The molecule has 1 aliphatic rings. The highest BCUT2D eigenvalue weighted by atomic mass is 16.6. The Labute approximate surface area is 221 Å². The molecule has 0 bridgehead atoms. The normalized spacial score (nSPS) is 14.7. The van der Waals surface area contributed by atoms with Crippen LogP contribution in [-0.4, -0.2) is 49.3 Å². The maximum atomic E-state index is 13.7. The predicted molar refractivity (Wildman–Crippen MR) is 141 cm³/mol. The summed E-state index contributed by atoms with van der Waals surface area (Å²) in [5.74, 6) is 2.66. The third kappa shape index (κ3) is 5.98. The highest BCUT2D eigenvalue weighted by molar-refractivity contribution is 5.92. The summed E-state index contributed by atoms with van der Waals surface area (Å²) in [4.78, 5) is 19.6.